The van der Waals surface area contributed by atoms with Gasteiger partial charge in [-0.15, -0.1) is 0 Å². The Balaban J connectivity index is 2.28. The summed E-state index contributed by atoms with van der Waals surface area (Å²) in [5, 5.41) is 0.442. The number of carbonyl (C=O) groups is 1. The monoisotopic (exact) mass is 381 g/mol. The third kappa shape index (κ3) is 4.78. The van der Waals surface area contributed by atoms with E-state index in [1.54, 1.807) is 24.4 Å². The third-order valence-corrected chi connectivity index (χ3v) is 5.45. The zero-order chi connectivity index (χ0) is 18.6. The number of likely N-dealkylation sites (N-methyl/N-ethyl adjacent to an activating group) is 1. The Labute approximate surface area is 152 Å². The third-order valence-electron chi connectivity index (χ3n) is 3.38. The second-order valence-electron chi connectivity index (χ2n) is 5.76. The van der Waals surface area contributed by atoms with Gasteiger partial charge in [-0.05, 0) is 50.2 Å². The molecule has 134 valence electrons. The number of sulfonamides is 1. The summed E-state index contributed by atoms with van der Waals surface area (Å²) in [4.78, 5) is 17.0. The molecule has 0 aliphatic carbocycles. The topological polar surface area (TPSA) is 71.7 Å². The van der Waals surface area contributed by atoms with Gasteiger partial charge in [-0.2, -0.15) is 4.31 Å². The number of pyridine rings is 1. The Hall–Kier alpha value is -1.96. The Kier molecular flexibility index (Phi) is 6.16. The van der Waals surface area contributed by atoms with E-state index in [1.807, 2.05) is 13.8 Å². The zero-order valence-electron chi connectivity index (χ0n) is 14.3. The van der Waals surface area contributed by atoms with Crippen LogP contribution in [0, 0.1) is 0 Å². The number of hydrogen-bond acceptors (Lipinski definition) is 4. The van der Waals surface area contributed by atoms with Crippen LogP contribution < -0.4 is 5.49 Å². The highest BCUT2D eigenvalue weighted by Gasteiger charge is 2.23. The van der Waals surface area contributed by atoms with E-state index < -0.39 is 10.0 Å². The van der Waals surface area contributed by atoms with Gasteiger partial charge in [0.2, 0.25) is 15.9 Å². The number of halogens is 1. The highest BCUT2D eigenvalue weighted by Crippen LogP contribution is 2.17. The van der Waals surface area contributed by atoms with E-state index in [4.69, 9.17) is 11.6 Å². The average molecular weight is 382 g/mol. The Morgan fingerprint density at radius 3 is 2.44 bits per heavy atom. The minimum absolute atomic E-state index is 0.0111. The van der Waals surface area contributed by atoms with Gasteiger partial charge in [-0.25, -0.2) is 8.42 Å². The zero-order valence-corrected chi connectivity index (χ0v) is 15.8. The van der Waals surface area contributed by atoms with Crippen LogP contribution in [0.1, 0.15) is 18.6 Å². The lowest BCUT2D eigenvalue weighted by atomic mass is 10.4. The van der Waals surface area contributed by atoms with Crippen LogP contribution in [-0.2, 0) is 10.0 Å². The number of nitrogens with zero attached hydrogens (tertiary/aromatic N) is 3. The molecular weight excluding hydrogens is 362 g/mol. The van der Waals surface area contributed by atoms with Crippen molar-refractivity contribution < 1.29 is 13.2 Å². The number of carbonyl (C=O) groups excluding carboxylic acids is 1. The van der Waals surface area contributed by atoms with E-state index in [-0.39, 0.29) is 23.4 Å². The Morgan fingerprint density at radius 1 is 1.20 bits per heavy atom. The fourth-order valence-corrected chi connectivity index (χ4v) is 3.40. The molecule has 0 unspecified atom stereocenters. The molecule has 0 amide bonds. The number of aromatic nitrogens is 1. The fraction of sp³-hybridized carbons (Fsp3) is 0.294. The van der Waals surface area contributed by atoms with Crippen molar-refractivity contribution in [1.82, 2.24) is 8.87 Å². The summed E-state index contributed by atoms with van der Waals surface area (Å²) in [6.45, 7) is 3.50. The number of rotatable bonds is 5. The van der Waals surface area contributed by atoms with Crippen molar-refractivity contribution >= 4 is 27.5 Å². The lowest BCUT2D eigenvalue weighted by Crippen LogP contribution is -2.38. The predicted octanol–water partition coefficient (Wildman–Crippen LogP) is 2.41. The largest absolute Gasteiger partial charge is 0.273 e. The molecule has 1 aromatic heterocycles. The SMILES string of the molecule is CC(C)N=c1ccccn1C(=O)CN(C)S(=O)(=O)c1ccc(Cl)cc1. The van der Waals surface area contributed by atoms with Crippen molar-refractivity contribution in [2.75, 3.05) is 13.6 Å². The van der Waals surface area contributed by atoms with Crippen LogP contribution in [-0.4, -0.2) is 42.8 Å². The molecule has 0 bridgehead atoms. The Bertz CT molecular complexity index is 919. The van der Waals surface area contributed by atoms with E-state index in [0.717, 1.165) is 4.31 Å². The molecular formula is C17H20ClN3O3S. The van der Waals surface area contributed by atoms with Gasteiger partial charge in [-0.3, -0.25) is 14.4 Å². The first-order valence-electron chi connectivity index (χ1n) is 7.68. The maximum Gasteiger partial charge on any atom is 0.247 e. The van der Waals surface area contributed by atoms with Crippen molar-refractivity contribution in [3.8, 4) is 0 Å². The molecule has 0 N–H and O–H groups in total. The van der Waals surface area contributed by atoms with Gasteiger partial charge >= 0.3 is 0 Å². The van der Waals surface area contributed by atoms with Crippen LogP contribution in [0.2, 0.25) is 5.02 Å². The first kappa shape index (κ1) is 19.4. The summed E-state index contributed by atoms with van der Waals surface area (Å²) in [6.07, 6.45) is 1.58. The van der Waals surface area contributed by atoms with Crippen LogP contribution in [0.5, 0.6) is 0 Å². The van der Waals surface area contributed by atoms with E-state index >= 15 is 0 Å². The summed E-state index contributed by atoms with van der Waals surface area (Å²) in [5.74, 6) is -0.389. The van der Waals surface area contributed by atoms with Crippen molar-refractivity contribution in [1.29, 1.82) is 0 Å². The Morgan fingerprint density at radius 2 is 1.84 bits per heavy atom. The van der Waals surface area contributed by atoms with Crippen LogP contribution >= 0.6 is 11.6 Å². The lowest BCUT2D eigenvalue weighted by molar-refractivity contribution is 0.0887. The van der Waals surface area contributed by atoms with E-state index in [1.165, 1.54) is 35.9 Å². The van der Waals surface area contributed by atoms with E-state index in [9.17, 15) is 13.2 Å². The number of benzene rings is 1. The van der Waals surface area contributed by atoms with Gasteiger partial charge in [0, 0.05) is 24.3 Å². The second-order valence-corrected chi connectivity index (χ2v) is 8.24. The number of hydrogen-bond donors (Lipinski definition) is 0. The first-order valence-corrected chi connectivity index (χ1v) is 9.50. The lowest BCUT2D eigenvalue weighted by Gasteiger charge is -2.17. The van der Waals surface area contributed by atoms with Gasteiger partial charge in [0.05, 0.1) is 11.4 Å². The molecule has 6 nitrogen and oxygen atoms in total. The normalized spacial score (nSPS) is 12.8. The van der Waals surface area contributed by atoms with E-state index in [2.05, 4.69) is 4.99 Å². The molecule has 0 aliphatic rings. The molecule has 0 aliphatic heterocycles. The minimum Gasteiger partial charge on any atom is -0.273 e. The molecule has 8 heteroatoms. The maximum absolute atomic E-state index is 12.6. The highest BCUT2D eigenvalue weighted by atomic mass is 35.5. The summed E-state index contributed by atoms with van der Waals surface area (Å²) < 4.78 is 27.5. The molecule has 0 spiro atoms. The van der Waals surface area contributed by atoms with Gasteiger partial charge in [0.15, 0.2) is 0 Å². The standard InChI is InChI=1S/C17H20ClN3O3S/c1-13(2)19-16-6-4-5-11-21(16)17(22)12-20(3)25(23,24)15-9-7-14(18)8-10-15/h4-11,13H,12H2,1-3H3. The van der Waals surface area contributed by atoms with Crippen molar-refractivity contribution in [3.05, 3.63) is 59.2 Å². The van der Waals surface area contributed by atoms with Crippen molar-refractivity contribution in [2.24, 2.45) is 4.99 Å². The van der Waals surface area contributed by atoms with E-state index in [0.29, 0.717) is 10.5 Å². The quantitative estimate of drug-likeness (QED) is 0.798. The molecule has 0 saturated carbocycles. The van der Waals surface area contributed by atoms with Crippen molar-refractivity contribution in [2.45, 2.75) is 24.8 Å². The molecule has 2 rings (SSSR count). The second kappa shape index (κ2) is 7.95. The maximum atomic E-state index is 12.6. The summed E-state index contributed by atoms with van der Waals surface area (Å²) >= 11 is 5.79. The molecule has 0 radical (unpaired) electrons. The molecule has 0 fully saturated rings. The fourth-order valence-electron chi connectivity index (χ4n) is 2.15. The summed E-state index contributed by atoms with van der Waals surface area (Å²) in [7, 11) is -2.42. The van der Waals surface area contributed by atoms with Crippen molar-refractivity contribution in [3.63, 3.8) is 0 Å². The minimum atomic E-state index is -3.78. The summed E-state index contributed by atoms with van der Waals surface area (Å²) in [6, 6.07) is 11.0. The van der Waals surface area contributed by atoms with Gasteiger partial charge in [-0.1, -0.05) is 17.7 Å². The van der Waals surface area contributed by atoms with Crippen LogP contribution in [0.3, 0.4) is 0 Å². The first-order chi connectivity index (χ1) is 11.7. The van der Waals surface area contributed by atoms with Gasteiger partial charge in [0.1, 0.15) is 5.49 Å². The average Bonchev–Trinajstić information content (AvgIpc) is 2.55. The van der Waals surface area contributed by atoms with Gasteiger partial charge in [0.25, 0.3) is 0 Å². The molecule has 2 aromatic rings. The van der Waals surface area contributed by atoms with Gasteiger partial charge < -0.3 is 0 Å². The molecule has 1 aromatic carbocycles. The summed E-state index contributed by atoms with van der Waals surface area (Å²) in [5.41, 5.74) is 0.486. The smallest absolute Gasteiger partial charge is 0.247 e. The van der Waals surface area contributed by atoms with Crippen LogP contribution in [0.15, 0.2) is 58.5 Å². The predicted molar refractivity (Wildman–Crippen MR) is 97.0 cm³/mol. The van der Waals surface area contributed by atoms with Crippen LogP contribution in [0.4, 0.5) is 0 Å². The van der Waals surface area contributed by atoms with Crippen LogP contribution in [0.25, 0.3) is 0 Å². The highest BCUT2D eigenvalue weighted by molar-refractivity contribution is 7.89. The molecule has 25 heavy (non-hydrogen) atoms. The molecule has 0 saturated heterocycles. The molecule has 1 heterocycles. The molecule has 0 atom stereocenters.